The lowest BCUT2D eigenvalue weighted by atomic mass is 10.0. The smallest absolute Gasteiger partial charge is 0.307 e. The summed E-state index contributed by atoms with van der Waals surface area (Å²) in [5.74, 6) is 0.532. The molecule has 1 saturated heterocycles. The molecule has 8 heteroatoms. The summed E-state index contributed by atoms with van der Waals surface area (Å²) in [6.45, 7) is 2.52. The van der Waals surface area contributed by atoms with Gasteiger partial charge in [-0.05, 0) is 67.7 Å². The van der Waals surface area contributed by atoms with Gasteiger partial charge in [-0.3, -0.25) is 9.78 Å². The molecule has 1 N–H and O–H groups in total. The summed E-state index contributed by atoms with van der Waals surface area (Å²) < 4.78 is 12.4. The monoisotopic (exact) mass is 450 g/mol. The topological polar surface area (TPSA) is 68.6 Å². The Morgan fingerprint density at radius 3 is 2.56 bits per heavy atom. The number of thiocarbonyl (C=S) groups is 1. The molecule has 3 heterocycles. The van der Waals surface area contributed by atoms with E-state index in [0.29, 0.717) is 11.7 Å². The third-order valence-electron chi connectivity index (χ3n) is 5.72. The molecule has 2 aromatic heterocycles. The molecular formula is C24H26N4O3S. The van der Waals surface area contributed by atoms with E-state index in [4.69, 9.17) is 21.7 Å². The van der Waals surface area contributed by atoms with Gasteiger partial charge >= 0.3 is 5.97 Å². The van der Waals surface area contributed by atoms with Crippen molar-refractivity contribution >= 4 is 23.3 Å². The normalized spacial score (nSPS) is 17.8. The fourth-order valence-corrected chi connectivity index (χ4v) is 4.49. The van der Waals surface area contributed by atoms with E-state index >= 15 is 0 Å². The van der Waals surface area contributed by atoms with E-state index < -0.39 is 0 Å². The molecule has 7 nitrogen and oxygen atoms in total. The van der Waals surface area contributed by atoms with Crippen molar-refractivity contribution in [1.82, 2.24) is 19.8 Å². The van der Waals surface area contributed by atoms with Crippen LogP contribution in [-0.2, 0) is 9.53 Å². The maximum absolute atomic E-state index is 11.9. The average Bonchev–Trinajstić information content (AvgIpc) is 3.37. The van der Waals surface area contributed by atoms with Crippen molar-refractivity contribution in [2.45, 2.75) is 25.4 Å². The zero-order chi connectivity index (χ0) is 22.7. The molecule has 32 heavy (non-hydrogen) atoms. The summed E-state index contributed by atoms with van der Waals surface area (Å²) in [4.78, 5) is 18.5. The van der Waals surface area contributed by atoms with Crippen LogP contribution < -0.4 is 10.1 Å². The first kappa shape index (κ1) is 21.8. The van der Waals surface area contributed by atoms with E-state index in [-0.39, 0.29) is 24.5 Å². The number of aryl methyl sites for hydroxylation is 1. The Kier molecular flexibility index (Phi) is 6.41. The SMILES string of the molecule is COC(=O)CCN1C(=S)N[C@@H](c2ccccn2)[C@H]1c1ccc(C)n1-c1ccc(OC)cc1. The van der Waals surface area contributed by atoms with Crippen molar-refractivity contribution in [1.29, 1.82) is 0 Å². The first-order valence-corrected chi connectivity index (χ1v) is 10.8. The van der Waals surface area contributed by atoms with E-state index in [1.54, 1.807) is 13.3 Å². The number of rotatable bonds is 7. The van der Waals surface area contributed by atoms with Crippen LogP contribution in [0.3, 0.4) is 0 Å². The fourth-order valence-electron chi connectivity index (χ4n) is 4.16. The van der Waals surface area contributed by atoms with Gasteiger partial charge in [0.1, 0.15) is 5.75 Å². The minimum Gasteiger partial charge on any atom is -0.497 e. The first-order chi connectivity index (χ1) is 15.5. The van der Waals surface area contributed by atoms with Crippen LogP contribution in [0.5, 0.6) is 5.75 Å². The number of aromatic nitrogens is 2. The molecule has 3 aromatic rings. The van der Waals surface area contributed by atoms with Gasteiger partial charge in [0.15, 0.2) is 5.11 Å². The van der Waals surface area contributed by atoms with Crippen molar-refractivity contribution in [2.75, 3.05) is 20.8 Å². The van der Waals surface area contributed by atoms with Gasteiger partial charge in [-0.1, -0.05) is 6.07 Å². The number of nitrogens with zero attached hydrogens (tertiary/aromatic N) is 3. The Morgan fingerprint density at radius 2 is 1.91 bits per heavy atom. The van der Waals surface area contributed by atoms with E-state index in [1.165, 1.54) is 7.11 Å². The quantitative estimate of drug-likeness (QED) is 0.435. The van der Waals surface area contributed by atoms with Gasteiger partial charge in [0.05, 0.1) is 38.4 Å². The third-order valence-corrected chi connectivity index (χ3v) is 6.07. The molecule has 0 saturated carbocycles. The molecule has 2 atom stereocenters. The average molecular weight is 451 g/mol. The minimum absolute atomic E-state index is 0.155. The number of methoxy groups -OCH3 is 2. The minimum atomic E-state index is -0.269. The first-order valence-electron chi connectivity index (χ1n) is 10.4. The predicted molar refractivity (Wildman–Crippen MR) is 126 cm³/mol. The fraction of sp³-hybridized carbons (Fsp3) is 0.292. The molecule has 166 valence electrons. The molecule has 4 rings (SSSR count). The number of esters is 1. The predicted octanol–water partition coefficient (Wildman–Crippen LogP) is 3.72. The second kappa shape index (κ2) is 9.40. The van der Waals surface area contributed by atoms with Crippen molar-refractivity contribution in [2.24, 2.45) is 0 Å². The van der Waals surface area contributed by atoms with Crippen molar-refractivity contribution in [3.63, 3.8) is 0 Å². The Balaban J connectivity index is 1.79. The highest BCUT2D eigenvalue weighted by Crippen LogP contribution is 2.40. The zero-order valence-electron chi connectivity index (χ0n) is 18.3. The van der Waals surface area contributed by atoms with Crippen molar-refractivity contribution in [3.05, 3.63) is 77.9 Å². The van der Waals surface area contributed by atoms with Crippen molar-refractivity contribution in [3.8, 4) is 11.4 Å². The number of hydrogen-bond acceptors (Lipinski definition) is 5. The molecule has 1 aliphatic heterocycles. The molecule has 0 spiro atoms. The largest absolute Gasteiger partial charge is 0.497 e. The van der Waals surface area contributed by atoms with E-state index in [2.05, 4.69) is 38.8 Å². The number of nitrogens with one attached hydrogen (secondary N) is 1. The molecule has 0 radical (unpaired) electrons. The number of carbonyl (C=O) groups is 1. The summed E-state index contributed by atoms with van der Waals surface area (Å²) >= 11 is 5.69. The maximum Gasteiger partial charge on any atom is 0.307 e. The van der Waals surface area contributed by atoms with Gasteiger partial charge < -0.3 is 24.3 Å². The van der Waals surface area contributed by atoms with E-state index in [0.717, 1.165) is 28.5 Å². The van der Waals surface area contributed by atoms with Crippen LogP contribution in [0, 0.1) is 6.92 Å². The lowest BCUT2D eigenvalue weighted by Gasteiger charge is -2.29. The molecule has 0 bridgehead atoms. The Morgan fingerprint density at radius 1 is 1.12 bits per heavy atom. The number of pyridine rings is 1. The molecule has 1 aliphatic rings. The summed E-state index contributed by atoms with van der Waals surface area (Å²) in [6, 6.07) is 17.7. The number of ether oxygens (including phenoxy) is 2. The van der Waals surface area contributed by atoms with Crippen LogP contribution in [-0.4, -0.2) is 46.3 Å². The summed E-state index contributed by atoms with van der Waals surface area (Å²) in [5, 5.41) is 4.02. The highest BCUT2D eigenvalue weighted by atomic mass is 32.1. The van der Waals surface area contributed by atoms with Crippen LogP contribution in [0.4, 0.5) is 0 Å². The van der Waals surface area contributed by atoms with E-state index in [9.17, 15) is 4.79 Å². The summed E-state index contributed by atoms with van der Waals surface area (Å²) in [5.41, 5.74) is 4.06. The van der Waals surface area contributed by atoms with Gasteiger partial charge in [-0.15, -0.1) is 0 Å². The number of benzene rings is 1. The Labute approximate surface area is 193 Å². The number of hydrogen-bond donors (Lipinski definition) is 1. The summed E-state index contributed by atoms with van der Waals surface area (Å²) in [6.07, 6.45) is 2.02. The molecule has 0 amide bonds. The highest BCUT2D eigenvalue weighted by Gasteiger charge is 2.41. The lowest BCUT2D eigenvalue weighted by Crippen LogP contribution is -2.32. The van der Waals surface area contributed by atoms with Gasteiger partial charge in [-0.2, -0.15) is 0 Å². The van der Waals surface area contributed by atoms with Crippen LogP contribution in [0.2, 0.25) is 0 Å². The van der Waals surface area contributed by atoms with Gasteiger partial charge in [0.25, 0.3) is 0 Å². The second-order valence-electron chi connectivity index (χ2n) is 7.58. The van der Waals surface area contributed by atoms with Gasteiger partial charge in [0.2, 0.25) is 0 Å². The Bertz CT molecular complexity index is 1100. The van der Waals surface area contributed by atoms with Crippen LogP contribution in [0.1, 0.15) is 35.6 Å². The maximum atomic E-state index is 11.9. The molecular weight excluding hydrogens is 424 g/mol. The van der Waals surface area contributed by atoms with Crippen LogP contribution >= 0.6 is 12.2 Å². The van der Waals surface area contributed by atoms with Crippen molar-refractivity contribution < 1.29 is 14.3 Å². The van der Waals surface area contributed by atoms with Gasteiger partial charge in [-0.25, -0.2) is 0 Å². The molecule has 1 fully saturated rings. The third kappa shape index (κ3) is 4.18. The van der Waals surface area contributed by atoms with Gasteiger partial charge in [0, 0.05) is 29.8 Å². The van der Waals surface area contributed by atoms with E-state index in [1.807, 2.05) is 42.5 Å². The second-order valence-corrected chi connectivity index (χ2v) is 7.97. The highest BCUT2D eigenvalue weighted by molar-refractivity contribution is 7.80. The Hall–Kier alpha value is -3.39. The van der Waals surface area contributed by atoms with Crippen LogP contribution in [0.25, 0.3) is 5.69 Å². The molecule has 0 aliphatic carbocycles. The lowest BCUT2D eigenvalue weighted by molar-refractivity contribution is -0.140. The summed E-state index contributed by atoms with van der Waals surface area (Å²) in [7, 11) is 3.05. The molecule has 0 unspecified atom stereocenters. The molecule has 1 aromatic carbocycles. The number of carbonyl (C=O) groups excluding carboxylic acids is 1. The zero-order valence-corrected chi connectivity index (χ0v) is 19.1. The standard InChI is InChI=1S/C24H26N4O3S/c1-16-7-12-20(28(16)17-8-10-18(30-2)11-9-17)23-22(19-6-4-5-14-25-19)26-24(32)27(23)15-13-21(29)31-3/h4-12,14,22-23H,13,15H2,1-3H3,(H,26,32)/t22-,23+/m0/s1. The van der Waals surface area contributed by atoms with Crippen LogP contribution in [0.15, 0.2) is 60.8 Å².